The molecule has 2 N–H and O–H groups in total. The van der Waals surface area contributed by atoms with E-state index in [2.05, 4.69) is 21.0 Å². The van der Waals surface area contributed by atoms with E-state index >= 15 is 0 Å². The monoisotopic (exact) mass is 491 g/mol. The van der Waals surface area contributed by atoms with E-state index in [1.54, 1.807) is 24.3 Å². The fraction of sp³-hybridized carbons (Fsp3) is 0.0833. The smallest absolute Gasteiger partial charge is 0.269 e. The first-order valence-electron chi connectivity index (χ1n) is 10.4. The maximum Gasteiger partial charge on any atom is 0.269 e. The fourth-order valence-electron chi connectivity index (χ4n) is 3.07. The zero-order valence-corrected chi connectivity index (χ0v) is 19.6. The third kappa shape index (κ3) is 5.26. The van der Waals surface area contributed by atoms with Gasteiger partial charge >= 0.3 is 0 Å². The summed E-state index contributed by atoms with van der Waals surface area (Å²) in [4.78, 5) is 24.8. The van der Waals surface area contributed by atoms with Crippen molar-refractivity contribution >= 4 is 21.8 Å². The second kappa shape index (κ2) is 9.87. The normalized spacial score (nSPS) is 11.3. The van der Waals surface area contributed by atoms with Crippen molar-refractivity contribution in [3.05, 3.63) is 90.0 Å². The van der Waals surface area contributed by atoms with Crippen LogP contribution in [-0.4, -0.2) is 48.8 Å². The van der Waals surface area contributed by atoms with Crippen molar-refractivity contribution in [3.8, 4) is 22.9 Å². The summed E-state index contributed by atoms with van der Waals surface area (Å²) >= 11 is 0. The predicted octanol–water partition coefficient (Wildman–Crippen LogP) is 2.73. The van der Waals surface area contributed by atoms with Crippen LogP contribution in [0.15, 0.2) is 88.2 Å². The van der Waals surface area contributed by atoms with Gasteiger partial charge in [0, 0.05) is 36.3 Å². The number of carbonyl (C=O) groups excluding carboxylic acids is 2. The summed E-state index contributed by atoms with van der Waals surface area (Å²) in [6, 6.07) is 21.3. The van der Waals surface area contributed by atoms with Gasteiger partial charge in [-0.05, 0) is 54.6 Å². The molecule has 0 saturated carbocycles. The van der Waals surface area contributed by atoms with E-state index in [4.69, 9.17) is 4.42 Å². The van der Waals surface area contributed by atoms with Crippen LogP contribution in [-0.2, 0) is 10.0 Å². The molecular weight excluding hydrogens is 470 g/mol. The molecule has 4 aromatic rings. The molecule has 0 aliphatic heterocycles. The van der Waals surface area contributed by atoms with Crippen LogP contribution in [0.3, 0.4) is 0 Å². The van der Waals surface area contributed by atoms with Gasteiger partial charge in [-0.1, -0.05) is 24.3 Å². The number of hydrogen-bond donors (Lipinski definition) is 2. The van der Waals surface area contributed by atoms with Crippen LogP contribution >= 0.6 is 0 Å². The van der Waals surface area contributed by atoms with Crippen molar-refractivity contribution in [2.75, 3.05) is 14.1 Å². The Kier molecular flexibility index (Phi) is 6.71. The number of nitrogens with one attached hydrogen (secondary N) is 2. The molecule has 2 amide bonds. The van der Waals surface area contributed by atoms with Crippen molar-refractivity contribution in [2.45, 2.75) is 4.90 Å². The topological polar surface area (TPSA) is 134 Å². The molecular formula is C24H21N5O5S. The number of hydrogen-bond acceptors (Lipinski definition) is 7. The van der Waals surface area contributed by atoms with Gasteiger partial charge in [0.1, 0.15) is 0 Å². The van der Waals surface area contributed by atoms with Crippen LogP contribution in [0.2, 0.25) is 0 Å². The average molecular weight is 492 g/mol. The molecule has 0 aliphatic carbocycles. The molecule has 10 nitrogen and oxygen atoms in total. The van der Waals surface area contributed by atoms with Gasteiger partial charge in [0.2, 0.25) is 21.8 Å². The molecule has 0 atom stereocenters. The van der Waals surface area contributed by atoms with Crippen LogP contribution in [0.5, 0.6) is 0 Å². The lowest BCUT2D eigenvalue weighted by molar-refractivity contribution is 0.0846. The van der Waals surface area contributed by atoms with Crippen LogP contribution in [0.1, 0.15) is 20.7 Å². The summed E-state index contributed by atoms with van der Waals surface area (Å²) in [5.41, 5.74) is 6.37. The van der Waals surface area contributed by atoms with E-state index in [0.29, 0.717) is 17.3 Å². The van der Waals surface area contributed by atoms with Gasteiger partial charge in [-0.15, -0.1) is 10.2 Å². The first-order chi connectivity index (χ1) is 16.8. The third-order valence-corrected chi connectivity index (χ3v) is 6.82. The minimum absolute atomic E-state index is 0.0338. The predicted molar refractivity (Wildman–Crippen MR) is 127 cm³/mol. The summed E-state index contributed by atoms with van der Waals surface area (Å²) < 4.78 is 31.3. The number of sulfonamides is 1. The molecule has 0 unspecified atom stereocenters. The Bertz CT molecular complexity index is 1470. The van der Waals surface area contributed by atoms with Crippen molar-refractivity contribution < 1.29 is 22.4 Å². The van der Waals surface area contributed by atoms with Gasteiger partial charge in [-0.2, -0.15) is 0 Å². The summed E-state index contributed by atoms with van der Waals surface area (Å²) in [5, 5.41) is 8.09. The summed E-state index contributed by atoms with van der Waals surface area (Å²) in [6.07, 6.45) is 0. The second-order valence-electron chi connectivity index (χ2n) is 7.58. The lowest BCUT2D eigenvalue weighted by Crippen LogP contribution is -2.41. The lowest BCUT2D eigenvalue weighted by atomic mass is 10.1. The Morgan fingerprint density at radius 2 is 1.31 bits per heavy atom. The maximum absolute atomic E-state index is 12.5. The van der Waals surface area contributed by atoms with Gasteiger partial charge in [0.05, 0.1) is 4.90 Å². The Morgan fingerprint density at radius 3 is 1.91 bits per heavy atom. The van der Waals surface area contributed by atoms with Gasteiger partial charge in [0.25, 0.3) is 11.8 Å². The highest BCUT2D eigenvalue weighted by Crippen LogP contribution is 2.24. The van der Waals surface area contributed by atoms with Crippen molar-refractivity contribution in [1.29, 1.82) is 0 Å². The number of rotatable bonds is 6. The molecule has 11 heteroatoms. The first-order valence-corrected chi connectivity index (χ1v) is 11.8. The van der Waals surface area contributed by atoms with Crippen LogP contribution < -0.4 is 10.9 Å². The number of amides is 2. The molecule has 0 bridgehead atoms. The lowest BCUT2D eigenvalue weighted by Gasteiger charge is -2.12. The summed E-state index contributed by atoms with van der Waals surface area (Å²) in [6.45, 7) is 0. The van der Waals surface area contributed by atoms with E-state index in [1.807, 2.05) is 30.3 Å². The number of benzene rings is 3. The molecule has 1 heterocycles. The van der Waals surface area contributed by atoms with Crippen LogP contribution in [0.4, 0.5) is 0 Å². The zero-order chi connectivity index (χ0) is 25.0. The number of aromatic nitrogens is 2. The Morgan fingerprint density at radius 1 is 0.743 bits per heavy atom. The van der Waals surface area contributed by atoms with Gasteiger partial charge in [-0.3, -0.25) is 20.4 Å². The van der Waals surface area contributed by atoms with Gasteiger partial charge in [0.15, 0.2) is 0 Å². The summed E-state index contributed by atoms with van der Waals surface area (Å²) in [5.74, 6) is -0.535. The quantitative estimate of drug-likeness (QED) is 0.396. The van der Waals surface area contributed by atoms with Crippen molar-refractivity contribution in [1.82, 2.24) is 25.4 Å². The largest absolute Gasteiger partial charge is 0.416 e. The van der Waals surface area contributed by atoms with Crippen molar-refractivity contribution in [2.24, 2.45) is 0 Å². The maximum atomic E-state index is 12.5. The molecule has 1 aromatic heterocycles. The number of nitrogens with zero attached hydrogens (tertiary/aromatic N) is 3. The minimum Gasteiger partial charge on any atom is -0.416 e. The molecule has 3 aromatic carbocycles. The van der Waals surface area contributed by atoms with Crippen LogP contribution in [0.25, 0.3) is 22.9 Å². The third-order valence-electron chi connectivity index (χ3n) is 5.00. The van der Waals surface area contributed by atoms with E-state index in [-0.39, 0.29) is 16.0 Å². The fourth-order valence-corrected chi connectivity index (χ4v) is 4.02. The number of hydrazine groups is 1. The highest BCUT2D eigenvalue weighted by molar-refractivity contribution is 7.89. The van der Waals surface area contributed by atoms with Crippen molar-refractivity contribution in [3.63, 3.8) is 0 Å². The minimum atomic E-state index is -3.70. The zero-order valence-electron chi connectivity index (χ0n) is 18.8. The first kappa shape index (κ1) is 23.8. The molecule has 0 radical (unpaired) electrons. The van der Waals surface area contributed by atoms with E-state index < -0.39 is 21.8 Å². The molecule has 35 heavy (non-hydrogen) atoms. The summed E-state index contributed by atoms with van der Waals surface area (Å²) in [7, 11) is -0.906. The second-order valence-corrected chi connectivity index (χ2v) is 9.73. The van der Waals surface area contributed by atoms with Gasteiger partial charge < -0.3 is 4.42 Å². The molecule has 0 spiro atoms. The van der Waals surface area contributed by atoms with E-state index in [9.17, 15) is 18.0 Å². The Hall–Kier alpha value is -4.35. The molecule has 4 rings (SSSR count). The highest BCUT2D eigenvalue weighted by Gasteiger charge is 2.19. The molecule has 0 aliphatic rings. The SMILES string of the molecule is CN(C)S(=O)(=O)c1cccc(C(=O)NNC(=O)c2ccc(-c3nnc(-c4ccccc4)o3)cc2)c1. The molecule has 0 saturated heterocycles. The standard InChI is InChI=1S/C24H21N5O5S/c1-29(2)35(32,33)20-10-6-9-19(15-20)22(31)26-25-21(30)16-11-13-18(14-12-16)24-28-27-23(34-24)17-7-4-3-5-8-17/h3-15H,1-2H3,(H,25,30)(H,26,31). The average Bonchev–Trinajstić information content (AvgIpc) is 3.38. The van der Waals surface area contributed by atoms with Crippen LogP contribution in [0, 0.1) is 0 Å². The molecule has 0 fully saturated rings. The molecule has 178 valence electrons. The van der Waals surface area contributed by atoms with Gasteiger partial charge in [-0.25, -0.2) is 12.7 Å². The Labute approximate surface area is 201 Å². The van der Waals surface area contributed by atoms with E-state index in [0.717, 1.165) is 9.87 Å². The van der Waals surface area contributed by atoms with E-state index in [1.165, 1.54) is 38.4 Å². The number of carbonyl (C=O) groups is 2. The highest BCUT2D eigenvalue weighted by atomic mass is 32.2. The Balaban J connectivity index is 1.40.